The Labute approximate surface area is 131 Å². The molecule has 1 aromatic rings. The normalized spacial score (nSPS) is 29.4. The fraction of sp³-hybridized carbons (Fsp3) is 0.688. The molecule has 1 aliphatic heterocycles. The average Bonchev–Trinajstić information content (AvgIpc) is 2.88. The minimum absolute atomic E-state index is 0.0398. The number of amides is 1. The standard InChI is InChI=1S/C16H23NO4S/c1-11-8-14(11)15-4-2-13(21-15)3-5-16(18)17-9-12-6-7-22(19,20)10-12/h2,4,11-12,14H,3,5-10H2,1H3,(H,17,18). The Hall–Kier alpha value is -1.30. The van der Waals surface area contributed by atoms with Crippen LogP contribution < -0.4 is 5.32 Å². The summed E-state index contributed by atoms with van der Waals surface area (Å²) in [5.74, 6) is 3.66. The summed E-state index contributed by atoms with van der Waals surface area (Å²) < 4.78 is 28.5. The van der Waals surface area contributed by atoms with E-state index in [1.807, 2.05) is 12.1 Å². The number of carbonyl (C=O) groups is 1. The zero-order valence-corrected chi connectivity index (χ0v) is 13.7. The summed E-state index contributed by atoms with van der Waals surface area (Å²) >= 11 is 0. The molecule has 0 aromatic carbocycles. The third-order valence-corrected chi connectivity index (χ3v) is 6.51. The van der Waals surface area contributed by atoms with Crippen LogP contribution in [0.2, 0.25) is 0 Å². The Balaban J connectivity index is 1.38. The van der Waals surface area contributed by atoms with E-state index in [2.05, 4.69) is 12.2 Å². The van der Waals surface area contributed by atoms with E-state index in [-0.39, 0.29) is 23.3 Å². The fourth-order valence-corrected chi connectivity index (χ4v) is 4.92. The van der Waals surface area contributed by atoms with Crippen molar-refractivity contribution in [2.45, 2.75) is 38.5 Å². The van der Waals surface area contributed by atoms with Crippen LogP contribution in [0, 0.1) is 11.8 Å². The Morgan fingerprint density at radius 1 is 1.41 bits per heavy atom. The zero-order chi connectivity index (χ0) is 15.7. The van der Waals surface area contributed by atoms with Gasteiger partial charge in [-0.25, -0.2) is 8.42 Å². The summed E-state index contributed by atoms with van der Waals surface area (Å²) in [6.07, 6.45) is 2.82. The molecule has 3 unspecified atom stereocenters. The minimum Gasteiger partial charge on any atom is -0.466 e. The molecule has 3 rings (SSSR count). The number of aryl methyl sites for hydroxylation is 1. The second-order valence-corrected chi connectivity index (χ2v) is 8.93. The van der Waals surface area contributed by atoms with Crippen molar-refractivity contribution in [2.24, 2.45) is 11.8 Å². The molecular formula is C16H23NO4S. The first-order valence-corrected chi connectivity index (χ1v) is 9.81. The molecule has 6 heteroatoms. The van der Waals surface area contributed by atoms with Crippen LogP contribution in [0.4, 0.5) is 0 Å². The molecule has 1 aromatic heterocycles. The van der Waals surface area contributed by atoms with E-state index >= 15 is 0 Å². The van der Waals surface area contributed by atoms with E-state index in [4.69, 9.17) is 4.42 Å². The smallest absolute Gasteiger partial charge is 0.220 e. The van der Waals surface area contributed by atoms with Crippen LogP contribution in [0.5, 0.6) is 0 Å². The van der Waals surface area contributed by atoms with Crippen LogP contribution in [-0.2, 0) is 21.1 Å². The van der Waals surface area contributed by atoms with Gasteiger partial charge in [-0.2, -0.15) is 0 Å². The van der Waals surface area contributed by atoms with Crippen LogP contribution in [-0.4, -0.2) is 32.4 Å². The van der Waals surface area contributed by atoms with Gasteiger partial charge in [0.1, 0.15) is 11.5 Å². The molecule has 2 fully saturated rings. The number of hydrogen-bond donors (Lipinski definition) is 1. The van der Waals surface area contributed by atoms with Gasteiger partial charge in [0.15, 0.2) is 9.84 Å². The predicted molar refractivity (Wildman–Crippen MR) is 83.3 cm³/mol. The van der Waals surface area contributed by atoms with Gasteiger partial charge in [0.25, 0.3) is 0 Å². The van der Waals surface area contributed by atoms with Crippen LogP contribution in [0.3, 0.4) is 0 Å². The highest BCUT2D eigenvalue weighted by atomic mass is 32.2. The number of rotatable bonds is 6. The van der Waals surface area contributed by atoms with E-state index in [1.165, 1.54) is 6.42 Å². The predicted octanol–water partition coefficient (Wildman–Crippen LogP) is 1.89. The first-order valence-electron chi connectivity index (χ1n) is 7.99. The highest BCUT2D eigenvalue weighted by Crippen LogP contribution is 2.47. The van der Waals surface area contributed by atoms with E-state index in [0.29, 0.717) is 37.6 Å². The van der Waals surface area contributed by atoms with Gasteiger partial charge in [-0.1, -0.05) is 6.92 Å². The van der Waals surface area contributed by atoms with Gasteiger partial charge in [-0.3, -0.25) is 4.79 Å². The summed E-state index contributed by atoms with van der Waals surface area (Å²) in [4.78, 5) is 11.8. The van der Waals surface area contributed by atoms with Gasteiger partial charge in [-0.05, 0) is 36.8 Å². The molecule has 0 spiro atoms. The van der Waals surface area contributed by atoms with Crippen LogP contribution >= 0.6 is 0 Å². The van der Waals surface area contributed by atoms with Crippen LogP contribution in [0.25, 0.3) is 0 Å². The Morgan fingerprint density at radius 2 is 2.18 bits per heavy atom. The van der Waals surface area contributed by atoms with Crippen molar-refractivity contribution in [1.29, 1.82) is 0 Å². The lowest BCUT2D eigenvalue weighted by Crippen LogP contribution is -2.29. The first-order chi connectivity index (χ1) is 10.4. The summed E-state index contributed by atoms with van der Waals surface area (Å²) in [5, 5.41) is 2.84. The molecule has 0 radical (unpaired) electrons. The quantitative estimate of drug-likeness (QED) is 0.866. The number of carbonyl (C=O) groups excluding carboxylic acids is 1. The minimum atomic E-state index is -2.87. The number of sulfone groups is 1. The topological polar surface area (TPSA) is 76.4 Å². The maximum Gasteiger partial charge on any atom is 0.220 e. The summed E-state index contributed by atoms with van der Waals surface area (Å²) in [6.45, 7) is 2.67. The van der Waals surface area contributed by atoms with Gasteiger partial charge < -0.3 is 9.73 Å². The number of furan rings is 1. The van der Waals surface area contributed by atoms with Gasteiger partial charge in [0.2, 0.25) is 5.91 Å². The molecule has 5 nitrogen and oxygen atoms in total. The number of nitrogens with one attached hydrogen (secondary N) is 1. The highest BCUT2D eigenvalue weighted by molar-refractivity contribution is 7.91. The van der Waals surface area contributed by atoms with E-state index in [9.17, 15) is 13.2 Å². The molecule has 2 aliphatic rings. The van der Waals surface area contributed by atoms with Gasteiger partial charge in [0, 0.05) is 25.3 Å². The van der Waals surface area contributed by atoms with E-state index in [1.54, 1.807) is 0 Å². The molecule has 0 bridgehead atoms. The van der Waals surface area contributed by atoms with Crippen molar-refractivity contribution in [1.82, 2.24) is 5.32 Å². The molecule has 122 valence electrons. The summed E-state index contributed by atoms with van der Waals surface area (Å²) in [7, 11) is -2.87. The molecular weight excluding hydrogens is 302 g/mol. The lowest BCUT2D eigenvalue weighted by molar-refractivity contribution is -0.121. The fourth-order valence-electron chi connectivity index (χ4n) is 3.06. The maximum atomic E-state index is 11.8. The summed E-state index contributed by atoms with van der Waals surface area (Å²) in [6, 6.07) is 3.97. The molecule has 1 amide bonds. The lowest BCUT2D eigenvalue weighted by Gasteiger charge is -2.09. The number of hydrogen-bond acceptors (Lipinski definition) is 4. The monoisotopic (exact) mass is 325 g/mol. The van der Waals surface area contributed by atoms with E-state index < -0.39 is 9.84 Å². The van der Waals surface area contributed by atoms with Crippen LogP contribution in [0.15, 0.2) is 16.5 Å². The molecule has 1 saturated heterocycles. The van der Waals surface area contributed by atoms with Crippen molar-refractivity contribution in [3.8, 4) is 0 Å². The third kappa shape index (κ3) is 3.91. The van der Waals surface area contributed by atoms with Crippen molar-refractivity contribution in [2.75, 3.05) is 18.1 Å². The molecule has 1 N–H and O–H groups in total. The average molecular weight is 325 g/mol. The second-order valence-electron chi connectivity index (χ2n) is 6.70. The van der Waals surface area contributed by atoms with Gasteiger partial charge in [-0.15, -0.1) is 0 Å². The molecule has 2 heterocycles. The van der Waals surface area contributed by atoms with Gasteiger partial charge >= 0.3 is 0 Å². The molecule has 3 atom stereocenters. The molecule has 1 aliphatic carbocycles. The lowest BCUT2D eigenvalue weighted by atomic mass is 10.1. The second kappa shape index (κ2) is 6.07. The zero-order valence-electron chi connectivity index (χ0n) is 12.9. The molecule has 22 heavy (non-hydrogen) atoms. The van der Waals surface area contributed by atoms with Crippen molar-refractivity contribution in [3.63, 3.8) is 0 Å². The van der Waals surface area contributed by atoms with Crippen molar-refractivity contribution < 1.29 is 17.6 Å². The largest absolute Gasteiger partial charge is 0.466 e. The highest BCUT2D eigenvalue weighted by Gasteiger charge is 2.36. The molecule has 1 saturated carbocycles. The Morgan fingerprint density at radius 3 is 2.82 bits per heavy atom. The third-order valence-electron chi connectivity index (χ3n) is 4.67. The van der Waals surface area contributed by atoms with Crippen molar-refractivity contribution >= 4 is 15.7 Å². The SMILES string of the molecule is CC1CC1c1ccc(CCC(=O)NCC2CCS(=O)(=O)C2)o1. The first kappa shape index (κ1) is 15.6. The summed E-state index contributed by atoms with van der Waals surface area (Å²) in [5.41, 5.74) is 0. The Kier molecular flexibility index (Phi) is 4.30. The maximum absolute atomic E-state index is 11.8. The van der Waals surface area contributed by atoms with E-state index in [0.717, 1.165) is 11.5 Å². The Bertz CT molecular complexity index is 649. The van der Waals surface area contributed by atoms with Crippen LogP contribution in [0.1, 0.15) is 43.6 Å². The van der Waals surface area contributed by atoms with Crippen molar-refractivity contribution in [3.05, 3.63) is 23.7 Å². The van der Waals surface area contributed by atoms with Gasteiger partial charge in [0.05, 0.1) is 11.5 Å².